The Morgan fingerprint density at radius 1 is 1.53 bits per heavy atom. The third kappa shape index (κ3) is 3.91. The number of thiazole rings is 1. The fourth-order valence-corrected chi connectivity index (χ4v) is 2.99. The molecular weight excluding hydrogens is 254 g/mol. The van der Waals surface area contributed by atoms with Crippen molar-refractivity contribution in [3.8, 4) is 0 Å². The predicted molar refractivity (Wildman–Crippen MR) is 76.1 cm³/mol. The van der Waals surface area contributed by atoms with Crippen molar-refractivity contribution in [3.63, 3.8) is 0 Å². The molecule has 1 saturated heterocycles. The van der Waals surface area contributed by atoms with E-state index in [0.29, 0.717) is 12.1 Å². The van der Waals surface area contributed by atoms with Gasteiger partial charge in [0.1, 0.15) is 0 Å². The molecule has 1 aliphatic heterocycles. The van der Waals surface area contributed by atoms with Gasteiger partial charge in [-0.05, 0) is 20.3 Å². The highest BCUT2D eigenvalue weighted by Gasteiger charge is 2.22. The van der Waals surface area contributed by atoms with E-state index in [4.69, 9.17) is 0 Å². The van der Waals surface area contributed by atoms with Crippen molar-refractivity contribution in [3.05, 3.63) is 16.1 Å². The normalized spacial score (nSPS) is 25.6. The summed E-state index contributed by atoms with van der Waals surface area (Å²) in [6, 6.07) is 1.23. The summed E-state index contributed by atoms with van der Waals surface area (Å²) in [4.78, 5) is 8.37. The number of aryl methyl sites for hydroxylation is 1. The van der Waals surface area contributed by atoms with Crippen molar-refractivity contribution in [1.29, 1.82) is 0 Å². The molecule has 1 N–H and O–H groups in total. The number of aromatic nitrogens is 1. The topological polar surface area (TPSA) is 28.2 Å². The lowest BCUT2D eigenvalue weighted by Gasteiger charge is -2.37. The van der Waals surface area contributed by atoms with Crippen molar-refractivity contribution in [1.82, 2.24) is 15.2 Å². The first kappa shape index (κ1) is 14.9. The number of rotatable bonds is 3. The minimum atomic E-state index is 0. The Morgan fingerprint density at radius 2 is 2.29 bits per heavy atom. The van der Waals surface area contributed by atoms with E-state index in [1.807, 2.05) is 17.5 Å². The van der Waals surface area contributed by atoms with E-state index >= 15 is 0 Å². The van der Waals surface area contributed by atoms with E-state index in [2.05, 4.69) is 36.0 Å². The van der Waals surface area contributed by atoms with Crippen molar-refractivity contribution >= 4 is 23.7 Å². The van der Waals surface area contributed by atoms with Crippen LogP contribution < -0.4 is 5.32 Å². The molecule has 17 heavy (non-hydrogen) atoms. The highest BCUT2D eigenvalue weighted by molar-refractivity contribution is 7.11. The van der Waals surface area contributed by atoms with Crippen LogP contribution in [0.3, 0.4) is 0 Å². The minimum Gasteiger partial charge on any atom is -0.311 e. The Kier molecular flexibility index (Phi) is 5.86. The van der Waals surface area contributed by atoms with Crippen molar-refractivity contribution in [2.24, 2.45) is 0 Å². The van der Waals surface area contributed by atoms with Crippen molar-refractivity contribution in [2.45, 2.75) is 45.8 Å². The second-order valence-electron chi connectivity index (χ2n) is 4.66. The molecule has 0 aromatic carbocycles. The van der Waals surface area contributed by atoms with Gasteiger partial charge in [0.15, 0.2) is 0 Å². The molecule has 0 saturated carbocycles. The second kappa shape index (κ2) is 6.69. The molecule has 0 radical (unpaired) electrons. The predicted octanol–water partition coefficient (Wildman–Crippen LogP) is 2.31. The average molecular weight is 276 g/mol. The fraction of sp³-hybridized carbons (Fsp3) is 0.750. The quantitative estimate of drug-likeness (QED) is 0.918. The van der Waals surface area contributed by atoms with Gasteiger partial charge in [-0.1, -0.05) is 6.92 Å². The summed E-state index contributed by atoms with van der Waals surface area (Å²) < 4.78 is 0. The summed E-state index contributed by atoms with van der Waals surface area (Å²) in [7, 11) is 0. The first-order valence-electron chi connectivity index (χ1n) is 6.10. The molecule has 2 unspecified atom stereocenters. The monoisotopic (exact) mass is 275 g/mol. The van der Waals surface area contributed by atoms with Crippen LogP contribution in [0.5, 0.6) is 0 Å². The lowest BCUT2D eigenvalue weighted by molar-refractivity contribution is 0.140. The van der Waals surface area contributed by atoms with E-state index in [1.54, 1.807) is 0 Å². The number of nitrogens with zero attached hydrogens (tertiary/aromatic N) is 2. The zero-order valence-corrected chi connectivity index (χ0v) is 12.4. The van der Waals surface area contributed by atoms with Crippen LogP contribution in [0.4, 0.5) is 0 Å². The number of hydrogen-bond acceptors (Lipinski definition) is 4. The zero-order valence-electron chi connectivity index (χ0n) is 10.8. The van der Waals surface area contributed by atoms with E-state index in [0.717, 1.165) is 26.1 Å². The Bertz CT molecular complexity index is 342. The summed E-state index contributed by atoms with van der Waals surface area (Å²) >= 11 is 1.86. The maximum atomic E-state index is 4.42. The minimum absolute atomic E-state index is 0. The summed E-state index contributed by atoms with van der Waals surface area (Å²) in [6.07, 6.45) is 3.10. The molecule has 2 heterocycles. The van der Waals surface area contributed by atoms with Gasteiger partial charge in [0.2, 0.25) is 0 Å². The molecule has 1 fully saturated rings. The molecule has 0 bridgehead atoms. The Morgan fingerprint density at radius 3 is 2.94 bits per heavy atom. The molecule has 1 aromatic rings. The van der Waals surface area contributed by atoms with Crippen LogP contribution in [-0.2, 0) is 13.0 Å². The van der Waals surface area contributed by atoms with E-state index in [-0.39, 0.29) is 12.4 Å². The van der Waals surface area contributed by atoms with Crippen LogP contribution in [0, 0.1) is 0 Å². The molecule has 5 heteroatoms. The summed E-state index contributed by atoms with van der Waals surface area (Å²) in [6.45, 7) is 10.0. The fourth-order valence-electron chi connectivity index (χ4n) is 2.10. The molecule has 0 spiro atoms. The van der Waals surface area contributed by atoms with E-state index in [1.165, 1.54) is 9.88 Å². The zero-order chi connectivity index (χ0) is 11.5. The van der Waals surface area contributed by atoms with Crippen LogP contribution in [0.1, 0.15) is 30.7 Å². The van der Waals surface area contributed by atoms with Crippen LogP contribution in [-0.4, -0.2) is 35.1 Å². The highest BCUT2D eigenvalue weighted by atomic mass is 35.5. The Hall–Kier alpha value is -0.160. The van der Waals surface area contributed by atoms with E-state index in [9.17, 15) is 0 Å². The Balaban J connectivity index is 0.00000144. The molecule has 1 aliphatic rings. The summed E-state index contributed by atoms with van der Waals surface area (Å²) in [5.41, 5.74) is 0. The number of halogens is 1. The van der Waals surface area contributed by atoms with Gasteiger partial charge in [-0.3, -0.25) is 4.90 Å². The maximum Gasteiger partial charge on any atom is 0.0925 e. The molecule has 2 atom stereocenters. The molecule has 0 aliphatic carbocycles. The smallest absolute Gasteiger partial charge is 0.0925 e. The van der Waals surface area contributed by atoms with Crippen LogP contribution in [0.25, 0.3) is 0 Å². The van der Waals surface area contributed by atoms with Crippen LogP contribution in [0.2, 0.25) is 0 Å². The third-order valence-corrected chi connectivity index (χ3v) is 4.28. The second-order valence-corrected chi connectivity index (χ2v) is 5.86. The van der Waals surface area contributed by atoms with Gasteiger partial charge in [-0.25, -0.2) is 4.98 Å². The molecular formula is C12H22ClN3S. The number of hydrogen-bond donors (Lipinski definition) is 1. The van der Waals surface area contributed by atoms with Crippen molar-refractivity contribution in [2.75, 3.05) is 13.1 Å². The highest BCUT2D eigenvalue weighted by Crippen LogP contribution is 2.18. The molecule has 0 amide bonds. The summed E-state index contributed by atoms with van der Waals surface area (Å²) in [5, 5.41) is 4.77. The first-order chi connectivity index (χ1) is 7.69. The summed E-state index contributed by atoms with van der Waals surface area (Å²) in [5.74, 6) is 0. The molecule has 2 rings (SSSR count). The standard InChI is InChI=1S/C12H21N3S.ClH/c1-4-12-14-6-11(16-12)8-15-7-9(2)13-5-10(15)3;/h6,9-10,13H,4-5,7-8H2,1-3H3;1H. The SMILES string of the molecule is CCc1ncc(CN2CC(C)NCC2C)s1.Cl. The van der Waals surface area contributed by atoms with Gasteiger partial charge in [0, 0.05) is 42.8 Å². The number of nitrogens with one attached hydrogen (secondary N) is 1. The third-order valence-electron chi connectivity index (χ3n) is 3.16. The number of piperazine rings is 1. The van der Waals surface area contributed by atoms with Crippen LogP contribution in [0.15, 0.2) is 6.20 Å². The maximum absolute atomic E-state index is 4.42. The largest absolute Gasteiger partial charge is 0.311 e. The molecule has 3 nitrogen and oxygen atoms in total. The van der Waals surface area contributed by atoms with Gasteiger partial charge in [-0.15, -0.1) is 23.7 Å². The van der Waals surface area contributed by atoms with Gasteiger partial charge in [-0.2, -0.15) is 0 Å². The van der Waals surface area contributed by atoms with Crippen LogP contribution >= 0.6 is 23.7 Å². The lowest BCUT2D eigenvalue weighted by Crippen LogP contribution is -2.53. The van der Waals surface area contributed by atoms with E-state index < -0.39 is 0 Å². The van der Waals surface area contributed by atoms with Gasteiger partial charge in [0.25, 0.3) is 0 Å². The van der Waals surface area contributed by atoms with Gasteiger partial charge in [0.05, 0.1) is 5.01 Å². The van der Waals surface area contributed by atoms with Crippen molar-refractivity contribution < 1.29 is 0 Å². The average Bonchev–Trinajstić information content (AvgIpc) is 2.71. The van der Waals surface area contributed by atoms with Gasteiger partial charge < -0.3 is 5.32 Å². The molecule has 1 aromatic heterocycles. The molecule has 98 valence electrons. The Labute approximate surface area is 114 Å². The van der Waals surface area contributed by atoms with Gasteiger partial charge >= 0.3 is 0 Å². The lowest BCUT2D eigenvalue weighted by atomic mass is 10.1. The first-order valence-corrected chi connectivity index (χ1v) is 6.91.